The van der Waals surface area contributed by atoms with Crippen LogP contribution in [-0.2, 0) is 4.79 Å². The molecule has 0 aromatic rings. The van der Waals surface area contributed by atoms with Crippen LogP contribution < -0.4 is 5.32 Å². The lowest BCUT2D eigenvalue weighted by Gasteiger charge is -2.25. The van der Waals surface area contributed by atoms with Gasteiger partial charge in [0, 0.05) is 25.2 Å². The number of hydrogen-bond acceptors (Lipinski definition) is 3. The Labute approximate surface area is 108 Å². The number of nitrogens with one attached hydrogen (secondary N) is 1. The van der Waals surface area contributed by atoms with Crippen LogP contribution in [0, 0.1) is 0 Å². The summed E-state index contributed by atoms with van der Waals surface area (Å²) in [6.45, 7) is 2.89. The molecule has 0 aliphatic heterocycles. The Morgan fingerprint density at radius 2 is 2.00 bits per heavy atom. The molecule has 1 aliphatic carbocycles. The number of carbonyl (C=O) groups is 2. The molecule has 6 nitrogen and oxygen atoms in total. The van der Waals surface area contributed by atoms with Gasteiger partial charge in [-0.25, -0.2) is 4.79 Å². The van der Waals surface area contributed by atoms with Gasteiger partial charge in [-0.2, -0.15) is 0 Å². The highest BCUT2D eigenvalue weighted by Gasteiger charge is 2.32. The molecule has 0 spiro atoms. The molecular formula is C12H23N3O3. The topological polar surface area (TPSA) is 72.9 Å². The first kappa shape index (κ1) is 14.8. The Morgan fingerprint density at radius 3 is 2.44 bits per heavy atom. The highest BCUT2D eigenvalue weighted by molar-refractivity contribution is 5.76. The fourth-order valence-electron chi connectivity index (χ4n) is 1.57. The molecule has 18 heavy (non-hydrogen) atoms. The molecule has 1 rings (SSSR count). The monoisotopic (exact) mass is 257 g/mol. The van der Waals surface area contributed by atoms with Crippen LogP contribution in [-0.4, -0.2) is 66.2 Å². The van der Waals surface area contributed by atoms with E-state index < -0.39 is 5.97 Å². The van der Waals surface area contributed by atoms with Gasteiger partial charge < -0.3 is 20.2 Å². The predicted molar refractivity (Wildman–Crippen MR) is 68.5 cm³/mol. The molecule has 2 N–H and O–H groups in total. The maximum absolute atomic E-state index is 12.0. The van der Waals surface area contributed by atoms with Gasteiger partial charge in [-0.3, -0.25) is 4.79 Å². The normalized spacial score (nSPS) is 16.4. The van der Waals surface area contributed by atoms with E-state index in [9.17, 15) is 9.59 Å². The molecule has 2 amide bonds. The van der Waals surface area contributed by atoms with Gasteiger partial charge in [-0.1, -0.05) is 0 Å². The van der Waals surface area contributed by atoms with E-state index in [0.717, 1.165) is 12.8 Å². The predicted octanol–water partition coefficient (Wildman–Crippen LogP) is 0.585. The summed E-state index contributed by atoms with van der Waals surface area (Å²) in [5.74, 6) is -0.866. The first-order valence-electron chi connectivity index (χ1n) is 6.34. The van der Waals surface area contributed by atoms with Gasteiger partial charge in [-0.05, 0) is 33.9 Å². The van der Waals surface area contributed by atoms with Crippen LogP contribution in [0.25, 0.3) is 0 Å². The third-order valence-electron chi connectivity index (χ3n) is 3.25. The minimum atomic E-state index is -0.866. The summed E-state index contributed by atoms with van der Waals surface area (Å²) in [6.07, 6.45) is 1.97. The van der Waals surface area contributed by atoms with Gasteiger partial charge in [0.1, 0.15) is 0 Å². The van der Waals surface area contributed by atoms with E-state index in [-0.39, 0.29) is 24.5 Å². The Morgan fingerprint density at radius 1 is 1.39 bits per heavy atom. The van der Waals surface area contributed by atoms with Crippen LogP contribution in [0.4, 0.5) is 4.79 Å². The molecule has 0 saturated heterocycles. The molecule has 0 bridgehead atoms. The SMILES string of the molecule is CC(CNC(=O)N(CCC(=O)O)C1CC1)N(C)C. The molecule has 6 heteroatoms. The Kier molecular flexibility index (Phi) is 5.40. The van der Waals surface area contributed by atoms with E-state index in [2.05, 4.69) is 5.32 Å². The summed E-state index contributed by atoms with van der Waals surface area (Å²) in [4.78, 5) is 26.2. The summed E-state index contributed by atoms with van der Waals surface area (Å²) < 4.78 is 0. The quantitative estimate of drug-likeness (QED) is 0.700. The Balaban J connectivity index is 2.37. The van der Waals surface area contributed by atoms with Crippen molar-refractivity contribution in [3.8, 4) is 0 Å². The molecule has 0 aromatic carbocycles. The van der Waals surface area contributed by atoms with Crippen molar-refractivity contribution in [2.75, 3.05) is 27.2 Å². The van der Waals surface area contributed by atoms with Crippen LogP contribution in [0.5, 0.6) is 0 Å². The van der Waals surface area contributed by atoms with Gasteiger partial charge >= 0.3 is 12.0 Å². The summed E-state index contributed by atoms with van der Waals surface area (Å²) >= 11 is 0. The number of amides is 2. The van der Waals surface area contributed by atoms with Gasteiger partial charge in [0.05, 0.1) is 6.42 Å². The lowest BCUT2D eigenvalue weighted by molar-refractivity contribution is -0.137. The fraction of sp³-hybridized carbons (Fsp3) is 0.833. The van der Waals surface area contributed by atoms with Gasteiger partial charge in [0.25, 0.3) is 0 Å². The molecule has 104 valence electrons. The minimum Gasteiger partial charge on any atom is -0.481 e. The molecule has 0 heterocycles. The maximum atomic E-state index is 12.0. The Bertz CT molecular complexity index is 303. The maximum Gasteiger partial charge on any atom is 0.317 e. The highest BCUT2D eigenvalue weighted by Crippen LogP contribution is 2.26. The molecule has 0 aromatic heterocycles. The molecule has 0 radical (unpaired) electrons. The second-order valence-electron chi connectivity index (χ2n) is 5.07. The van der Waals surface area contributed by atoms with Crippen molar-refractivity contribution in [3.05, 3.63) is 0 Å². The number of likely N-dealkylation sites (N-methyl/N-ethyl adjacent to an activating group) is 1. The highest BCUT2D eigenvalue weighted by atomic mass is 16.4. The van der Waals surface area contributed by atoms with Crippen molar-refractivity contribution >= 4 is 12.0 Å². The lowest BCUT2D eigenvalue weighted by Crippen LogP contribution is -2.46. The van der Waals surface area contributed by atoms with E-state index in [1.165, 1.54) is 0 Å². The number of hydrogen-bond donors (Lipinski definition) is 2. The number of aliphatic carboxylic acids is 1. The second kappa shape index (κ2) is 6.58. The second-order valence-corrected chi connectivity index (χ2v) is 5.07. The summed E-state index contributed by atoms with van der Waals surface area (Å²) in [7, 11) is 3.92. The zero-order chi connectivity index (χ0) is 13.7. The van der Waals surface area contributed by atoms with E-state index in [0.29, 0.717) is 13.1 Å². The average molecular weight is 257 g/mol. The molecule has 1 saturated carbocycles. The zero-order valence-corrected chi connectivity index (χ0v) is 11.3. The van der Waals surface area contributed by atoms with Crippen molar-refractivity contribution in [1.82, 2.24) is 15.1 Å². The molecule has 1 aliphatic rings. The van der Waals surface area contributed by atoms with Crippen LogP contribution in [0.15, 0.2) is 0 Å². The number of urea groups is 1. The summed E-state index contributed by atoms with van der Waals surface area (Å²) in [5, 5.41) is 11.5. The van der Waals surface area contributed by atoms with Gasteiger partial charge in [0.2, 0.25) is 0 Å². The number of carboxylic acid groups (broad SMARTS) is 1. The Hall–Kier alpha value is -1.30. The largest absolute Gasteiger partial charge is 0.481 e. The van der Waals surface area contributed by atoms with Crippen LogP contribution >= 0.6 is 0 Å². The van der Waals surface area contributed by atoms with Gasteiger partial charge in [0.15, 0.2) is 0 Å². The first-order chi connectivity index (χ1) is 8.41. The number of carbonyl (C=O) groups excluding carboxylic acids is 1. The van der Waals surface area contributed by atoms with Crippen LogP contribution in [0.1, 0.15) is 26.2 Å². The number of rotatable bonds is 7. The average Bonchev–Trinajstić information content (AvgIpc) is 3.09. The molecule has 1 atom stereocenters. The van der Waals surface area contributed by atoms with Crippen molar-refractivity contribution in [3.63, 3.8) is 0 Å². The molecule has 1 fully saturated rings. The van der Waals surface area contributed by atoms with Crippen molar-refractivity contribution < 1.29 is 14.7 Å². The van der Waals surface area contributed by atoms with Crippen molar-refractivity contribution in [2.24, 2.45) is 0 Å². The smallest absolute Gasteiger partial charge is 0.317 e. The van der Waals surface area contributed by atoms with E-state index in [1.54, 1.807) is 4.90 Å². The molecular weight excluding hydrogens is 234 g/mol. The van der Waals surface area contributed by atoms with E-state index in [4.69, 9.17) is 5.11 Å². The van der Waals surface area contributed by atoms with Gasteiger partial charge in [-0.15, -0.1) is 0 Å². The third-order valence-corrected chi connectivity index (χ3v) is 3.25. The standard InChI is InChI=1S/C12H23N3O3/c1-9(14(2)3)8-13-12(18)15(10-4-5-10)7-6-11(16)17/h9-10H,4-8H2,1-3H3,(H,13,18)(H,16,17). The fourth-order valence-corrected chi connectivity index (χ4v) is 1.57. The van der Waals surface area contributed by atoms with Crippen molar-refractivity contribution in [2.45, 2.75) is 38.3 Å². The van der Waals surface area contributed by atoms with Crippen LogP contribution in [0.3, 0.4) is 0 Å². The lowest BCUT2D eigenvalue weighted by atomic mass is 10.3. The first-order valence-corrected chi connectivity index (χ1v) is 6.34. The van der Waals surface area contributed by atoms with Crippen molar-refractivity contribution in [1.29, 1.82) is 0 Å². The van der Waals surface area contributed by atoms with E-state index in [1.807, 2.05) is 25.9 Å². The minimum absolute atomic E-state index is 0.00710. The number of nitrogens with zero attached hydrogens (tertiary/aromatic N) is 2. The summed E-state index contributed by atoms with van der Waals surface area (Å²) in [6, 6.07) is 0.348. The zero-order valence-electron chi connectivity index (χ0n) is 11.3. The van der Waals surface area contributed by atoms with E-state index >= 15 is 0 Å². The molecule has 1 unspecified atom stereocenters. The summed E-state index contributed by atoms with van der Waals surface area (Å²) in [5.41, 5.74) is 0. The van der Waals surface area contributed by atoms with Crippen LogP contribution in [0.2, 0.25) is 0 Å². The number of carboxylic acids is 1. The third kappa shape index (κ3) is 4.91.